The molecule has 0 radical (unpaired) electrons. The molecule has 86 valence electrons. The largest absolute Gasteiger partial charge is 4.00 e. The third kappa shape index (κ3) is 10.9. The minimum Gasteiger partial charge on any atom is -1.00 e. The Kier molecular flexibility index (Phi) is 20.9. The summed E-state index contributed by atoms with van der Waals surface area (Å²) < 4.78 is 0. The first-order valence-electron chi connectivity index (χ1n) is 4.91. The fourth-order valence-corrected chi connectivity index (χ4v) is 1.24. The quantitative estimate of drug-likeness (QED) is 0.503. The van der Waals surface area contributed by atoms with Gasteiger partial charge in [-0.25, -0.2) is 23.8 Å². The summed E-state index contributed by atoms with van der Waals surface area (Å²) in [6.45, 7) is 2.20. The summed E-state index contributed by atoms with van der Waals surface area (Å²) in [5.74, 6) is 0. The Morgan fingerprint density at radius 1 is 1.19 bits per heavy atom. The number of allylic oxidation sites excluding steroid dienone is 8. The summed E-state index contributed by atoms with van der Waals surface area (Å²) in [5, 5.41) is 0. The Morgan fingerprint density at radius 3 is 2.25 bits per heavy atom. The Hall–Kier alpha value is 0.423. The van der Waals surface area contributed by atoms with Crippen molar-refractivity contribution in [3.05, 3.63) is 48.1 Å². The standard InChI is InChI=1S/C8H11.C5H5.2ClH.Zr/c1-2-5-8-6-3-4-7-8;1-2-4-5-3-1;;;/h6-7H,2-3,5H2,1H3;1-3H,4H2;2*1H;/q2*-1;;;+4/p-2. The van der Waals surface area contributed by atoms with Crippen molar-refractivity contribution in [2.45, 2.75) is 32.6 Å². The van der Waals surface area contributed by atoms with E-state index in [2.05, 4.69) is 37.3 Å². The van der Waals surface area contributed by atoms with E-state index in [0.29, 0.717) is 0 Å². The number of hydrogen-bond donors (Lipinski definition) is 0. The predicted octanol–water partition coefficient (Wildman–Crippen LogP) is -2.21. The van der Waals surface area contributed by atoms with Crippen LogP contribution in [0, 0.1) is 12.2 Å². The smallest absolute Gasteiger partial charge is 1.00 e. The number of halogens is 2. The van der Waals surface area contributed by atoms with Crippen LogP contribution >= 0.6 is 0 Å². The molecule has 0 N–H and O–H groups in total. The van der Waals surface area contributed by atoms with Crippen LogP contribution in [0.15, 0.2) is 36.0 Å². The molecular weight excluding hydrogens is 318 g/mol. The van der Waals surface area contributed by atoms with E-state index >= 15 is 0 Å². The molecule has 2 rings (SSSR count). The minimum atomic E-state index is 0. The molecule has 0 bridgehead atoms. The molecule has 0 unspecified atom stereocenters. The van der Waals surface area contributed by atoms with Gasteiger partial charge in [0.1, 0.15) is 0 Å². The van der Waals surface area contributed by atoms with Gasteiger partial charge < -0.3 is 24.8 Å². The van der Waals surface area contributed by atoms with Gasteiger partial charge in [0, 0.05) is 0 Å². The Balaban J connectivity index is -0.000000189. The Morgan fingerprint density at radius 2 is 1.94 bits per heavy atom. The van der Waals surface area contributed by atoms with Gasteiger partial charge in [0.25, 0.3) is 0 Å². The molecule has 0 saturated heterocycles. The minimum absolute atomic E-state index is 0. The van der Waals surface area contributed by atoms with Crippen LogP contribution in [-0.4, -0.2) is 0 Å². The maximum Gasteiger partial charge on any atom is 4.00 e. The van der Waals surface area contributed by atoms with Gasteiger partial charge in [0.15, 0.2) is 0 Å². The molecule has 0 atom stereocenters. The van der Waals surface area contributed by atoms with Crippen molar-refractivity contribution in [2.24, 2.45) is 0 Å². The fraction of sp³-hybridized carbons (Fsp3) is 0.385. The fourth-order valence-electron chi connectivity index (χ4n) is 1.24. The molecule has 0 saturated carbocycles. The van der Waals surface area contributed by atoms with Crippen molar-refractivity contribution >= 4 is 0 Å². The van der Waals surface area contributed by atoms with Crippen LogP contribution in [-0.2, 0) is 26.2 Å². The maximum atomic E-state index is 3.14. The van der Waals surface area contributed by atoms with Crippen molar-refractivity contribution in [1.29, 1.82) is 0 Å². The van der Waals surface area contributed by atoms with Crippen molar-refractivity contribution in [3.8, 4) is 0 Å². The third-order valence-electron chi connectivity index (χ3n) is 1.89. The average molecular weight is 334 g/mol. The first-order valence-corrected chi connectivity index (χ1v) is 4.91. The molecule has 3 heteroatoms. The molecule has 0 aromatic carbocycles. The molecule has 0 aromatic rings. The van der Waals surface area contributed by atoms with Gasteiger partial charge in [-0.05, 0) is 0 Å². The molecule has 0 fully saturated rings. The molecular formula is C13H16Cl2Zr. The summed E-state index contributed by atoms with van der Waals surface area (Å²) in [4.78, 5) is 0. The van der Waals surface area contributed by atoms with E-state index in [4.69, 9.17) is 0 Å². The topological polar surface area (TPSA) is 0 Å². The van der Waals surface area contributed by atoms with Crippen molar-refractivity contribution in [1.82, 2.24) is 0 Å². The van der Waals surface area contributed by atoms with Crippen molar-refractivity contribution < 1.29 is 51.0 Å². The molecule has 0 spiro atoms. The first-order chi connectivity index (χ1) is 6.43. The van der Waals surface area contributed by atoms with Crippen LogP contribution in [0.4, 0.5) is 0 Å². The van der Waals surface area contributed by atoms with Gasteiger partial charge in [-0.3, -0.25) is 12.2 Å². The molecule has 0 aliphatic heterocycles. The van der Waals surface area contributed by atoms with Crippen LogP contribution in [0.1, 0.15) is 32.6 Å². The third-order valence-corrected chi connectivity index (χ3v) is 1.89. The molecule has 0 amide bonds. The molecule has 0 heterocycles. The van der Waals surface area contributed by atoms with E-state index in [0.717, 1.165) is 12.8 Å². The summed E-state index contributed by atoms with van der Waals surface area (Å²) in [6.07, 6.45) is 21.0. The summed E-state index contributed by atoms with van der Waals surface area (Å²) in [6, 6.07) is 0. The zero-order valence-corrected chi connectivity index (χ0v) is 13.4. The van der Waals surface area contributed by atoms with Crippen LogP contribution in [0.5, 0.6) is 0 Å². The van der Waals surface area contributed by atoms with E-state index in [9.17, 15) is 0 Å². The van der Waals surface area contributed by atoms with Crippen molar-refractivity contribution in [3.63, 3.8) is 0 Å². The first kappa shape index (κ1) is 21.7. The zero-order valence-electron chi connectivity index (χ0n) is 9.47. The Bertz CT molecular complexity index is 243. The van der Waals surface area contributed by atoms with E-state index in [-0.39, 0.29) is 51.0 Å². The van der Waals surface area contributed by atoms with Crippen molar-refractivity contribution in [2.75, 3.05) is 0 Å². The van der Waals surface area contributed by atoms with Gasteiger partial charge in [-0.2, -0.15) is 12.2 Å². The van der Waals surface area contributed by atoms with Gasteiger partial charge in [-0.1, -0.05) is 19.8 Å². The van der Waals surface area contributed by atoms with E-state index < -0.39 is 0 Å². The second-order valence-electron chi connectivity index (χ2n) is 3.08. The van der Waals surface area contributed by atoms with Gasteiger partial charge in [-0.15, -0.1) is 12.8 Å². The molecule has 2 aliphatic rings. The molecule has 0 nitrogen and oxygen atoms in total. The summed E-state index contributed by atoms with van der Waals surface area (Å²) >= 11 is 0. The monoisotopic (exact) mass is 332 g/mol. The second kappa shape index (κ2) is 15.4. The van der Waals surface area contributed by atoms with E-state index in [1.165, 1.54) is 18.4 Å². The van der Waals surface area contributed by atoms with Gasteiger partial charge >= 0.3 is 26.2 Å². The summed E-state index contributed by atoms with van der Waals surface area (Å²) in [7, 11) is 0. The number of rotatable bonds is 2. The second-order valence-corrected chi connectivity index (χ2v) is 3.08. The molecule has 2 aliphatic carbocycles. The number of hydrogen-bond acceptors (Lipinski definition) is 0. The molecule has 16 heavy (non-hydrogen) atoms. The SMILES string of the molecule is CCCC1=CC[C-]=C1.[C-]1=CC=CC1.[Cl-].[Cl-].[Zr+4]. The predicted molar refractivity (Wildman–Crippen MR) is 57.0 cm³/mol. The maximum absolute atomic E-state index is 3.14. The summed E-state index contributed by atoms with van der Waals surface area (Å²) in [5.41, 5.74) is 1.47. The van der Waals surface area contributed by atoms with Crippen LogP contribution in [0.2, 0.25) is 0 Å². The normalized spacial score (nSPS) is 13.9. The zero-order chi connectivity index (χ0) is 9.36. The van der Waals surface area contributed by atoms with Crippen LogP contribution in [0.25, 0.3) is 0 Å². The van der Waals surface area contributed by atoms with Crippen LogP contribution in [0.3, 0.4) is 0 Å². The van der Waals surface area contributed by atoms with E-state index in [1.807, 2.05) is 12.2 Å². The van der Waals surface area contributed by atoms with E-state index in [1.54, 1.807) is 0 Å². The van der Waals surface area contributed by atoms with Gasteiger partial charge in [0.05, 0.1) is 0 Å². The molecule has 0 aromatic heterocycles. The Labute approximate surface area is 131 Å². The van der Waals surface area contributed by atoms with Gasteiger partial charge in [0.2, 0.25) is 0 Å². The van der Waals surface area contributed by atoms with Crippen LogP contribution < -0.4 is 24.8 Å². The average Bonchev–Trinajstić information content (AvgIpc) is 2.79.